The Bertz CT molecular complexity index is 510. The number of rotatable bonds is 5. The topological polar surface area (TPSA) is 49.3 Å². The zero-order valence-electron chi connectivity index (χ0n) is 10.7. The molecule has 2 unspecified atom stereocenters. The molecule has 0 aliphatic carbocycles. The van der Waals surface area contributed by atoms with E-state index in [4.69, 9.17) is 0 Å². The van der Waals surface area contributed by atoms with Gasteiger partial charge in [0.25, 0.3) is 5.91 Å². The third-order valence-corrected chi connectivity index (χ3v) is 3.96. The van der Waals surface area contributed by atoms with Crippen molar-refractivity contribution in [2.24, 2.45) is 0 Å². The van der Waals surface area contributed by atoms with Crippen molar-refractivity contribution < 1.29 is 9.90 Å². The summed E-state index contributed by atoms with van der Waals surface area (Å²) in [5, 5.41) is 14.9. The molecule has 100 valence electrons. The van der Waals surface area contributed by atoms with E-state index in [-0.39, 0.29) is 11.9 Å². The lowest BCUT2D eigenvalue weighted by Gasteiger charge is -2.18. The van der Waals surface area contributed by atoms with Crippen LogP contribution in [-0.4, -0.2) is 11.0 Å². The molecular weight excluding hydrogens is 258 g/mol. The molecule has 0 aliphatic heterocycles. The van der Waals surface area contributed by atoms with Gasteiger partial charge in [0.15, 0.2) is 6.10 Å². The highest BCUT2D eigenvalue weighted by molar-refractivity contribution is 7.10. The van der Waals surface area contributed by atoms with E-state index in [1.54, 1.807) is 23.5 Å². The van der Waals surface area contributed by atoms with Crippen molar-refractivity contribution in [1.82, 2.24) is 5.32 Å². The molecule has 1 aromatic heterocycles. The van der Waals surface area contributed by atoms with E-state index < -0.39 is 6.10 Å². The summed E-state index contributed by atoms with van der Waals surface area (Å²) in [6.45, 7) is 2.01. The number of hydrogen-bond donors (Lipinski definition) is 2. The Labute approximate surface area is 116 Å². The van der Waals surface area contributed by atoms with Crippen LogP contribution in [0.3, 0.4) is 0 Å². The fraction of sp³-hybridized carbons (Fsp3) is 0.267. The fourth-order valence-electron chi connectivity index (χ4n) is 1.90. The maximum Gasteiger partial charge on any atom is 0.253 e. The minimum atomic E-state index is -1.12. The van der Waals surface area contributed by atoms with Crippen molar-refractivity contribution in [3.63, 3.8) is 0 Å². The standard InChI is InChI=1S/C15H17NO2S/c1-2-12(13-9-6-10-19-13)16-15(18)14(17)11-7-4-3-5-8-11/h3-10,12,14,17H,2H2,1H3,(H,16,18). The summed E-state index contributed by atoms with van der Waals surface area (Å²) in [6.07, 6.45) is -0.316. The molecule has 3 nitrogen and oxygen atoms in total. The third kappa shape index (κ3) is 3.43. The van der Waals surface area contributed by atoms with Gasteiger partial charge in [-0.1, -0.05) is 43.3 Å². The number of carbonyl (C=O) groups is 1. The van der Waals surface area contributed by atoms with Crippen LogP contribution in [-0.2, 0) is 4.79 Å². The quantitative estimate of drug-likeness (QED) is 0.881. The first-order valence-electron chi connectivity index (χ1n) is 6.29. The summed E-state index contributed by atoms with van der Waals surface area (Å²) < 4.78 is 0. The smallest absolute Gasteiger partial charge is 0.253 e. The third-order valence-electron chi connectivity index (χ3n) is 2.98. The van der Waals surface area contributed by atoms with Gasteiger partial charge in [-0.15, -0.1) is 11.3 Å². The largest absolute Gasteiger partial charge is 0.378 e. The van der Waals surface area contributed by atoms with Crippen molar-refractivity contribution in [2.45, 2.75) is 25.5 Å². The van der Waals surface area contributed by atoms with Crippen LogP contribution in [0.4, 0.5) is 0 Å². The number of nitrogens with one attached hydrogen (secondary N) is 1. The van der Waals surface area contributed by atoms with Crippen molar-refractivity contribution in [3.8, 4) is 0 Å². The normalized spacial score (nSPS) is 13.8. The summed E-state index contributed by atoms with van der Waals surface area (Å²) in [5.41, 5.74) is 0.612. The van der Waals surface area contributed by atoms with Crippen LogP contribution in [0.1, 0.15) is 35.9 Å². The van der Waals surface area contributed by atoms with Crippen LogP contribution < -0.4 is 5.32 Å². The number of aliphatic hydroxyl groups excluding tert-OH is 1. The van der Waals surface area contributed by atoms with Gasteiger partial charge in [0.1, 0.15) is 0 Å². The van der Waals surface area contributed by atoms with Gasteiger partial charge in [-0.3, -0.25) is 4.79 Å². The van der Waals surface area contributed by atoms with Crippen LogP contribution >= 0.6 is 11.3 Å². The van der Waals surface area contributed by atoms with Gasteiger partial charge in [-0.2, -0.15) is 0 Å². The Balaban J connectivity index is 2.04. The lowest BCUT2D eigenvalue weighted by atomic mass is 10.1. The van der Waals surface area contributed by atoms with Gasteiger partial charge in [-0.25, -0.2) is 0 Å². The molecule has 0 aliphatic rings. The Morgan fingerprint density at radius 2 is 2.00 bits per heavy atom. The highest BCUT2D eigenvalue weighted by Gasteiger charge is 2.21. The minimum Gasteiger partial charge on any atom is -0.378 e. The van der Waals surface area contributed by atoms with E-state index in [9.17, 15) is 9.90 Å². The molecule has 0 fully saturated rings. The molecule has 0 saturated carbocycles. The first-order valence-corrected chi connectivity index (χ1v) is 7.17. The summed E-state index contributed by atoms with van der Waals surface area (Å²) in [5.74, 6) is -0.355. The van der Waals surface area contributed by atoms with Gasteiger partial charge < -0.3 is 10.4 Å². The molecule has 2 aromatic rings. The van der Waals surface area contributed by atoms with Crippen molar-refractivity contribution >= 4 is 17.2 Å². The Morgan fingerprint density at radius 1 is 1.26 bits per heavy atom. The zero-order chi connectivity index (χ0) is 13.7. The lowest BCUT2D eigenvalue weighted by molar-refractivity contribution is -0.130. The first kappa shape index (κ1) is 13.8. The number of amides is 1. The molecule has 1 aromatic carbocycles. The molecule has 0 bridgehead atoms. The molecule has 1 amide bonds. The van der Waals surface area contributed by atoms with E-state index >= 15 is 0 Å². The second-order valence-corrected chi connectivity index (χ2v) is 5.28. The zero-order valence-corrected chi connectivity index (χ0v) is 11.6. The van der Waals surface area contributed by atoms with Crippen LogP contribution in [0, 0.1) is 0 Å². The highest BCUT2D eigenvalue weighted by atomic mass is 32.1. The minimum absolute atomic E-state index is 0.0362. The Hall–Kier alpha value is -1.65. The summed E-state index contributed by atoms with van der Waals surface area (Å²) in [7, 11) is 0. The number of aliphatic hydroxyl groups is 1. The Kier molecular flexibility index (Phi) is 4.71. The number of thiophene rings is 1. The monoisotopic (exact) mass is 275 g/mol. The van der Waals surface area contributed by atoms with Crippen molar-refractivity contribution in [1.29, 1.82) is 0 Å². The molecule has 0 radical (unpaired) electrons. The SMILES string of the molecule is CCC(NC(=O)C(O)c1ccccc1)c1cccs1. The van der Waals surface area contributed by atoms with Gasteiger partial charge in [0, 0.05) is 4.88 Å². The van der Waals surface area contributed by atoms with E-state index in [1.807, 2.05) is 42.6 Å². The van der Waals surface area contributed by atoms with Gasteiger partial charge in [-0.05, 0) is 23.4 Å². The summed E-state index contributed by atoms with van der Waals surface area (Å²) in [6, 6.07) is 12.9. The van der Waals surface area contributed by atoms with E-state index in [0.29, 0.717) is 5.56 Å². The molecule has 0 spiro atoms. The predicted molar refractivity (Wildman–Crippen MR) is 76.9 cm³/mol. The first-order chi connectivity index (χ1) is 9.22. The summed E-state index contributed by atoms with van der Waals surface area (Å²) in [4.78, 5) is 13.2. The van der Waals surface area contributed by atoms with Gasteiger partial charge in [0.05, 0.1) is 6.04 Å². The molecule has 2 rings (SSSR count). The highest BCUT2D eigenvalue weighted by Crippen LogP contribution is 2.23. The van der Waals surface area contributed by atoms with Gasteiger partial charge >= 0.3 is 0 Å². The molecule has 4 heteroatoms. The van der Waals surface area contributed by atoms with E-state index in [1.165, 1.54) is 0 Å². The van der Waals surface area contributed by atoms with Crippen molar-refractivity contribution in [3.05, 3.63) is 58.3 Å². The molecule has 1 heterocycles. The molecular formula is C15H17NO2S. The second-order valence-electron chi connectivity index (χ2n) is 4.30. The average Bonchev–Trinajstić information content (AvgIpc) is 2.98. The number of hydrogen-bond acceptors (Lipinski definition) is 3. The molecule has 0 saturated heterocycles. The maximum atomic E-state index is 12.1. The summed E-state index contributed by atoms with van der Waals surface area (Å²) >= 11 is 1.61. The van der Waals surface area contributed by atoms with E-state index in [2.05, 4.69) is 5.32 Å². The van der Waals surface area contributed by atoms with Crippen molar-refractivity contribution in [2.75, 3.05) is 0 Å². The van der Waals surface area contributed by atoms with E-state index in [0.717, 1.165) is 11.3 Å². The Morgan fingerprint density at radius 3 is 2.58 bits per heavy atom. The maximum absolute atomic E-state index is 12.1. The van der Waals surface area contributed by atoms with Crippen LogP contribution in [0.15, 0.2) is 47.8 Å². The average molecular weight is 275 g/mol. The van der Waals surface area contributed by atoms with Crippen LogP contribution in [0.25, 0.3) is 0 Å². The number of carbonyl (C=O) groups excluding carboxylic acids is 1. The fourth-order valence-corrected chi connectivity index (χ4v) is 2.76. The molecule has 2 atom stereocenters. The second kappa shape index (κ2) is 6.50. The van der Waals surface area contributed by atoms with Crippen LogP contribution in [0.2, 0.25) is 0 Å². The lowest BCUT2D eigenvalue weighted by Crippen LogP contribution is -2.32. The molecule has 2 N–H and O–H groups in total. The van der Waals surface area contributed by atoms with Gasteiger partial charge in [0.2, 0.25) is 0 Å². The predicted octanol–water partition coefficient (Wildman–Crippen LogP) is 3.05. The van der Waals surface area contributed by atoms with Crippen LogP contribution in [0.5, 0.6) is 0 Å². The molecule has 19 heavy (non-hydrogen) atoms. The number of benzene rings is 1.